The van der Waals surface area contributed by atoms with E-state index in [1.165, 1.54) is 0 Å². The Hall–Kier alpha value is -4.19. The van der Waals surface area contributed by atoms with Gasteiger partial charge in [-0.25, -0.2) is 4.68 Å². The monoisotopic (exact) mass is 442 g/mol. The van der Waals surface area contributed by atoms with Crippen molar-refractivity contribution in [3.8, 4) is 39.9 Å². The van der Waals surface area contributed by atoms with Gasteiger partial charge in [0.15, 0.2) is 23.0 Å². The molecule has 0 aliphatic carbocycles. The van der Waals surface area contributed by atoms with Gasteiger partial charge in [0.1, 0.15) is 0 Å². The summed E-state index contributed by atoms with van der Waals surface area (Å²) in [6.45, 7) is 0. The van der Waals surface area contributed by atoms with Crippen LogP contribution in [0, 0.1) is 0 Å². The van der Waals surface area contributed by atoms with Crippen LogP contribution in [-0.2, 0) is 0 Å². The molecule has 0 aliphatic heterocycles. The predicted molar refractivity (Wildman–Crippen MR) is 131 cm³/mol. The fraction of sp³-hybridized carbons (Fsp3) is 0.148. The highest BCUT2D eigenvalue weighted by Gasteiger charge is 2.13. The highest BCUT2D eigenvalue weighted by Crippen LogP contribution is 2.34. The van der Waals surface area contributed by atoms with Crippen LogP contribution in [0.4, 0.5) is 0 Å². The summed E-state index contributed by atoms with van der Waals surface area (Å²) in [6.07, 6.45) is 3.98. The molecule has 6 nitrogen and oxygen atoms in total. The summed E-state index contributed by atoms with van der Waals surface area (Å²) in [6, 6.07) is 23.7. The number of methoxy groups -OCH3 is 4. The highest BCUT2D eigenvalue weighted by atomic mass is 16.5. The Labute approximate surface area is 193 Å². The van der Waals surface area contributed by atoms with Gasteiger partial charge in [-0.2, -0.15) is 5.10 Å². The van der Waals surface area contributed by atoms with E-state index in [-0.39, 0.29) is 0 Å². The number of hydrogen-bond acceptors (Lipinski definition) is 5. The smallest absolute Gasteiger partial charge is 0.161 e. The van der Waals surface area contributed by atoms with Crippen molar-refractivity contribution < 1.29 is 18.9 Å². The van der Waals surface area contributed by atoms with Crippen molar-refractivity contribution in [2.24, 2.45) is 0 Å². The van der Waals surface area contributed by atoms with Crippen molar-refractivity contribution in [3.05, 3.63) is 84.1 Å². The van der Waals surface area contributed by atoms with Crippen LogP contribution in [0.1, 0.15) is 11.3 Å². The van der Waals surface area contributed by atoms with Gasteiger partial charge in [0.05, 0.1) is 45.5 Å². The normalized spacial score (nSPS) is 10.9. The average Bonchev–Trinajstić information content (AvgIpc) is 3.31. The molecule has 3 aromatic carbocycles. The van der Waals surface area contributed by atoms with Gasteiger partial charge in [-0.05, 0) is 60.2 Å². The van der Waals surface area contributed by atoms with Crippen LogP contribution in [0.15, 0.2) is 72.8 Å². The maximum absolute atomic E-state index is 5.51. The Morgan fingerprint density at radius 3 is 1.94 bits per heavy atom. The Bertz CT molecular complexity index is 1260. The second-order valence-electron chi connectivity index (χ2n) is 7.22. The zero-order valence-corrected chi connectivity index (χ0v) is 19.1. The van der Waals surface area contributed by atoms with Crippen molar-refractivity contribution in [1.82, 2.24) is 9.78 Å². The summed E-state index contributed by atoms with van der Waals surface area (Å²) in [5, 5.41) is 4.85. The van der Waals surface area contributed by atoms with Crippen molar-refractivity contribution in [2.75, 3.05) is 28.4 Å². The summed E-state index contributed by atoms with van der Waals surface area (Å²) < 4.78 is 23.6. The number of rotatable bonds is 8. The van der Waals surface area contributed by atoms with E-state index >= 15 is 0 Å². The highest BCUT2D eigenvalue weighted by molar-refractivity contribution is 5.74. The number of nitrogens with zero attached hydrogens (tertiary/aromatic N) is 2. The molecule has 168 valence electrons. The Balaban J connectivity index is 1.76. The first kappa shape index (κ1) is 22.0. The molecule has 0 saturated carbocycles. The molecule has 0 spiro atoms. The Morgan fingerprint density at radius 1 is 0.636 bits per heavy atom. The predicted octanol–water partition coefficient (Wildman–Crippen LogP) is 5.74. The lowest BCUT2D eigenvalue weighted by Gasteiger charge is -2.11. The average molecular weight is 443 g/mol. The third-order valence-electron chi connectivity index (χ3n) is 5.26. The van der Waals surface area contributed by atoms with E-state index in [1.807, 2.05) is 89.6 Å². The summed E-state index contributed by atoms with van der Waals surface area (Å²) in [7, 11) is 6.51. The van der Waals surface area contributed by atoms with Crippen LogP contribution in [-0.4, -0.2) is 38.2 Å². The largest absolute Gasteiger partial charge is 0.493 e. The van der Waals surface area contributed by atoms with Gasteiger partial charge in [-0.1, -0.05) is 30.3 Å². The first-order valence-electron chi connectivity index (χ1n) is 10.4. The van der Waals surface area contributed by atoms with Crippen LogP contribution < -0.4 is 18.9 Å². The van der Waals surface area contributed by atoms with Gasteiger partial charge in [0, 0.05) is 5.56 Å². The summed E-state index contributed by atoms with van der Waals surface area (Å²) >= 11 is 0. The molecule has 0 amide bonds. The van der Waals surface area contributed by atoms with Crippen molar-refractivity contribution in [3.63, 3.8) is 0 Å². The molecule has 0 fully saturated rings. The topological polar surface area (TPSA) is 54.7 Å². The van der Waals surface area contributed by atoms with Crippen molar-refractivity contribution in [1.29, 1.82) is 0 Å². The Morgan fingerprint density at radius 2 is 1.27 bits per heavy atom. The maximum Gasteiger partial charge on any atom is 0.161 e. The SMILES string of the molecule is COc1ccc(C=Cc2cc(-c3ccc(OC)c(OC)c3)n(-c3ccccc3)n2)cc1OC. The summed E-state index contributed by atoms with van der Waals surface area (Å²) in [4.78, 5) is 0. The molecule has 6 heteroatoms. The van der Waals surface area contributed by atoms with Gasteiger partial charge in [-0.3, -0.25) is 0 Å². The fourth-order valence-corrected chi connectivity index (χ4v) is 3.59. The minimum atomic E-state index is 0.665. The number of aromatic nitrogens is 2. The molecule has 0 unspecified atom stereocenters. The minimum Gasteiger partial charge on any atom is -0.493 e. The summed E-state index contributed by atoms with van der Waals surface area (Å²) in [5.41, 5.74) is 4.67. The van der Waals surface area contributed by atoms with E-state index in [0.29, 0.717) is 23.0 Å². The second-order valence-corrected chi connectivity index (χ2v) is 7.22. The zero-order chi connectivity index (χ0) is 23.2. The maximum atomic E-state index is 5.51. The lowest BCUT2D eigenvalue weighted by atomic mass is 10.1. The van der Waals surface area contributed by atoms with Crippen LogP contribution in [0.3, 0.4) is 0 Å². The molecule has 1 aromatic heterocycles. The molecule has 4 rings (SSSR count). The molecule has 0 atom stereocenters. The molecule has 0 radical (unpaired) electrons. The van der Waals surface area contributed by atoms with Crippen molar-refractivity contribution in [2.45, 2.75) is 0 Å². The molecule has 33 heavy (non-hydrogen) atoms. The third-order valence-corrected chi connectivity index (χ3v) is 5.26. The van der Waals surface area contributed by atoms with E-state index in [4.69, 9.17) is 24.0 Å². The van der Waals surface area contributed by atoms with E-state index in [2.05, 4.69) is 0 Å². The van der Waals surface area contributed by atoms with Gasteiger partial charge in [0.25, 0.3) is 0 Å². The van der Waals surface area contributed by atoms with Crippen LogP contribution >= 0.6 is 0 Å². The van der Waals surface area contributed by atoms with Crippen LogP contribution in [0.2, 0.25) is 0 Å². The minimum absolute atomic E-state index is 0.665. The molecular formula is C27H26N2O4. The van der Waals surface area contributed by atoms with E-state index in [0.717, 1.165) is 28.2 Å². The molecule has 0 saturated heterocycles. The fourth-order valence-electron chi connectivity index (χ4n) is 3.59. The van der Waals surface area contributed by atoms with E-state index in [9.17, 15) is 0 Å². The molecule has 4 aromatic rings. The molecule has 0 bridgehead atoms. The summed E-state index contributed by atoms with van der Waals surface area (Å²) in [5.74, 6) is 2.72. The zero-order valence-electron chi connectivity index (χ0n) is 19.1. The molecule has 0 aliphatic rings. The first-order valence-corrected chi connectivity index (χ1v) is 10.4. The first-order chi connectivity index (χ1) is 16.2. The number of ether oxygens (including phenoxy) is 4. The van der Waals surface area contributed by atoms with Crippen LogP contribution in [0.5, 0.6) is 23.0 Å². The standard InChI is InChI=1S/C27H26N2O4/c1-30-24-14-11-19(16-26(24)32-3)10-13-21-18-23(29(28-21)22-8-6-5-7-9-22)20-12-15-25(31-2)27(17-20)33-4/h5-18H,1-4H3. The molecule has 1 heterocycles. The van der Waals surface area contributed by atoms with Crippen LogP contribution in [0.25, 0.3) is 29.1 Å². The quantitative estimate of drug-likeness (QED) is 0.348. The third kappa shape index (κ3) is 4.70. The number of benzene rings is 3. The second kappa shape index (κ2) is 9.96. The van der Waals surface area contributed by atoms with Gasteiger partial charge >= 0.3 is 0 Å². The van der Waals surface area contributed by atoms with Crippen molar-refractivity contribution >= 4 is 12.2 Å². The lowest BCUT2D eigenvalue weighted by Crippen LogP contribution is -1.99. The van der Waals surface area contributed by atoms with E-state index < -0.39 is 0 Å². The van der Waals surface area contributed by atoms with E-state index in [1.54, 1.807) is 28.4 Å². The molecule has 0 N–H and O–H groups in total. The van der Waals surface area contributed by atoms with Gasteiger partial charge < -0.3 is 18.9 Å². The number of para-hydroxylation sites is 1. The van der Waals surface area contributed by atoms with Gasteiger partial charge in [-0.15, -0.1) is 0 Å². The molecular weight excluding hydrogens is 416 g/mol. The van der Waals surface area contributed by atoms with Gasteiger partial charge in [0.2, 0.25) is 0 Å². The number of hydrogen-bond donors (Lipinski definition) is 0. The Kier molecular flexibility index (Phi) is 6.64. The lowest BCUT2D eigenvalue weighted by molar-refractivity contribution is 0.355.